The van der Waals surface area contributed by atoms with Crippen molar-refractivity contribution < 1.29 is 13.2 Å². The molecule has 0 saturated carbocycles. The highest BCUT2D eigenvalue weighted by atomic mass is 19.4. The van der Waals surface area contributed by atoms with E-state index in [1.54, 1.807) is 29.8 Å². The van der Waals surface area contributed by atoms with Crippen molar-refractivity contribution in [2.24, 2.45) is 7.05 Å². The summed E-state index contributed by atoms with van der Waals surface area (Å²) in [5.74, 6) is 0.338. The molecule has 18 heavy (non-hydrogen) atoms. The molecule has 0 N–H and O–H groups in total. The van der Waals surface area contributed by atoms with Crippen molar-refractivity contribution in [1.82, 2.24) is 9.55 Å². The summed E-state index contributed by atoms with van der Waals surface area (Å²) < 4.78 is 38.2. The fourth-order valence-electron chi connectivity index (χ4n) is 1.83. The third-order valence-electron chi connectivity index (χ3n) is 2.76. The van der Waals surface area contributed by atoms with E-state index in [-0.39, 0.29) is 6.42 Å². The fraction of sp³-hybridized carbons (Fsp3) is 0.333. The van der Waals surface area contributed by atoms with Crippen LogP contribution in [0.1, 0.15) is 17.8 Å². The number of rotatable bonds is 2. The van der Waals surface area contributed by atoms with E-state index < -0.39 is 12.6 Å². The zero-order chi connectivity index (χ0) is 13.3. The first-order chi connectivity index (χ1) is 8.42. The monoisotopic (exact) mass is 253 g/mol. The Morgan fingerprint density at radius 3 is 2.72 bits per heavy atom. The summed E-state index contributed by atoms with van der Waals surface area (Å²) in [6.45, 7) is 0. The SMILES string of the molecule is Cn1c(CCC(F)(F)F)nc2c(C#N)cccc21. The minimum Gasteiger partial charge on any atom is -0.331 e. The molecule has 0 fully saturated rings. The Balaban J connectivity index is 2.42. The molecule has 1 aromatic heterocycles. The van der Waals surface area contributed by atoms with Crippen LogP contribution in [0.25, 0.3) is 11.0 Å². The number of fused-ring (bicyclic) bond motifs is 1. The number of benzene rings is 1. The van der Waals surface area contributed by atoms with Crippen molar-refractivity contribution in [3.8, 4) is 6.07 Å². The Labute approximate surface area is 101 Å². The average Bonchev–Trinajstić information content (AvgIpc) is 2.63. The Kier molecular flexibility index (Phi) is 2.99. The van der Waals surface area contributed by atoms with Gasteiger partial charge in [-0.15, -0.1) is 0 Å². The van der Waals surface area contributed by atoms with E-state index >= 15 is 0 Å². The molecule has 2 rings (SSSR count). The molecule has 0 unspecified atom stereocenters. The van der Waals surface area contributed by atoms with Gasteiger partial charge in [0.2, 0.25) is 0 Å². The first-order valence-corrected chi connectivity index (χ1v) is 5.33. The van der Waals surface area contributed by atoms with Crippen LogP contribution < -0.4 is 0 Å². The van der Waals surface area contributed by atoms with Crippen LogP contribution >= 0.6 is 0 Å². The van der Waals surface area contributed by atoms with Gasteiger partial charge in [0.1, 0.15) is 17.4 Å². The van der Waals surface area contributed by atoms with E-state index in [4.69, 9.17) is 5.26 Å². The maximum atomic E-state index is 12.2. The number of aromatic nitrogens is 2. The molecule has 1 aromatic carbocycles. The third kappa shape index (κ3) is 2.30. The van der Waals surface area contributed by atoms with Crippen LogP contribution in [0.5, 0.6) is 0 Å². The van der Waals surface area contributed by atoms with E-state index in [1.807, 2.05) is 6.07 Å². The van der Waals surface area contributed by atoms with Crippen LogP contribution in [-0.2, 0) is 13.5 Å². The van der Waals surface area contributed by atoms with Crippen LogP contribution in [0, 0.1) is 11.3 Å². The normalized spacial score (nSPS) is 11.7. The van der Waals surface area contributed by atoms with Crippen molar-refractivity contribution in [3.63, 3.8) is 0 Å². The summed E-state index contributed by atoms with van der Waals surface area (Å²) >= 11 is 0. The Morgan fingerprint density at radius 2 is 2.11 bits per heavy atom. The van der Waals surface area contributed by atoms with Crippen molar-refractivity contribution in [3.05, 3.63) is 29.6 Å². The standard InChI is InChI=1S/C12H10F3N3/c1-18-9-4-2-3-8(7-16)11(9)17-10(18)5-6-12(13,14)15/h2-4H,5-6H2,1H3. The average molecular weight is 253 g/mol. The van der Waals surface area contributed by atoms with Crippen molar-refractivity contribution in [2.45, 2.75) is 19.0 Å². The summed E-state index contributed by atoms with van der Waals surface area (Å²) in [4.78, 5) is 4.13. The molecular weight excluding hydrogens is 243 g/mol. The van der Waals surface area contributed by atoms with E-state index in [2.05, 4.69) is 4.98 Å². The zero-order valence-electron chi connectivity index (χ0n) is 9.62. The largest absolute Gasteiger partial charge is 0.389 e. The lowest BCUT2D eigenvalue weighted by atomic mass is 10.2. The van der Waals surface area contributed by atoms with E-state index in [0.717, 1.165) is 0 Å². The molecular formula is C12H10F3N3. The first-order valence-electron chi connectivity index (χ1n) is 5.33. The number of aryl methyl sites for hydroxylation is 2. The minimum atomic E-state index is -4.20. The molecule has 0 aliphatic heterocycles. The number of para-hydroxylation sites is 1. The second kappa shape index (κ2) is 4.33. The molecule has 0 amide bonds. The fourth-order valence-corrected chi connectivity index (χ4v) is 1.83. The number of alkyl halides is 3. The molecule has 0 spiro atoms. The number of halogens is 3. The lowest BCUT2D eigenvalue weighted by Gasteiger charge is -2.05. The summed E-state index contributed by atoms with van der Waals surface area (Å²) in [6, 6.07) is 7.01. The Hall–Kier alpha value is -2.03. The minimum absolute atomic E-state index is 0.181. The van der Waals surface area contributed by atoms with Crippen molar-refractivity contribution in [2.75, 3.05) is 0 Å². The van der Waals surface area contributed by atoms with Gasteiger partial charge in [0.25, 0.3) is 0 Å². The Bertz CT molecular complexity index is 620. The van der Waals surface area contributed by atoms with Gasteiger partial charge in [-0.25, -0.2) is 4.98 Å². The summed E-state index contributed by atoms with van der Waals surface area (Å²) in [5.41, 5.74) is 1.51. The Morgan fingerprint density at radius 1 is 1.39 bits per heavy atom. The summed E-state index contributed by atoms with van der Waals surface area (Å²) in [6.07, 6.45) is -5.29. The van der Waals surface area contributed by atoms with Crippen LogP contribution in [0.4, 0.5) is 13.2 Å². The van der Waals surface area contributed by atoms with Crippen LogP contribution in [0.15, 0.2) is 18.2 Å². The molecule has 0 saturated heterocycles. The van der Waals surface area contributed by atoms with Gasteiger partial charge in [-0.3, -0.25) is 0 Å². The molecule has 3 nitrogen and oxygen atoms in total. The number of nitrogens with zero attached hydrogens (tertiary/aromatic N) is 3. The van der Waals surface area contributed by atoms with Gasteiger partial charge in [-0.05, 0) is 12.1 Å². The maximum Gasteiger partial charge on any atom is 0.389 e. The smallest absolute Gasteiger partial charge is 0.331 e. The van der Waals surface area contributed by atoms with Gasteiger partial charge in [0, 0.05) is 13.5 Å². The quantitative estimate of drug-likeness (QED) is 0.825. The molecule has 94 valence electrons. The van der Waals surface area contributed by atoms with Crippen molar-refractivity contribution >= 4 is 11.0 Å². The second-order valence-corrected chi connectivity index (χ2v) is 3.99. The summed E-state index contributed by atoms with van der Waals surface area (Å²) in [7, 11) is 1.65. The lowest BCUT2D eigenvalue weighted by Crippen LogP contribution is -2.10. The van der Waals surface area contributed by atoms with E-state index in [1.165, 1.54) is 0 Å². The highest BCUT2D eigenvalue weighted by molar-refractivity contribution is 5.82. The molecule has 0 aliphatic rings. The van der Waals surface area contributed by atoms with Crippen LogP contribution in [0.2, 0.25) is 0 Å². The number of nitriles is 1. The number of imidazole rings is 1. The van der Waals surface area contributed by atoms with Crippen LogP contribution in [0.3, 0.4) is 0 Å². The first kappa shape index (κ1) is 12.4. The summed E-state index contributed by atoms with van der Waals surface area (Å²) in [5, 5.41) is 8.92. The number of hydrogen-bond acceptors (Lipinski definition) is 2. The maximum absolute atomic E-state index is 12.2. The molecule has 0 radical (unpaired) electrons. The van der Waals surface area contributed by atoms with Gasteiger partial charge in [0.15, 0.2) is 0 Å². The van der Waals surface area contributed by atoms with Crippen molar-refractivity contribution in [1.29, 1.82) is 5.26 Å². The highest BCUT2D eigenvalue weighted by Crippen LogP contribution is 2.24. The van der Waals surface area contributed by atoms with Crippen LogP contribution in [-0.4, -0.2) is 15.7 Å². The topological polar surface area (TPSA) is 41.6 Å². The molecule has 6 heteroatoms. The van der Waals surface area contributed by atoms with Gasteiger partial charge >= 0.3 is 6.18 Å². The van der Waals surface area contributed by atoms with Gasteiger partial charge in [-0.2, -0.15) is 18.4 Å². The van der Waals surface area contributed by atoms with Gasteiger partial charge < -0.3 is 4.57 Å². The van der Waals surface area contributed by atoms with Gasteiger partial charge in [-0.1, -0.05) is 6.07 Å². The molecule has 0 aliphatic carbocycles. The zero-order valence-corrected chi connectivity index (χ0v) is 9.62. The third-order valence-corrected chi connectivity index (χ3v) is 2.76. The van der Waals surface area contributed by atoms with Gasteiger partial charge in [0.05, 0.1) is 17.5 Å². The molecule has 0 bridgehead atoms. The second-order valence-electron chi connectivity index (χ2n) is 3.99. The highest BCUT2D eigenvalue weighted by Gasteiger charge is 2.27. The molecule has 2 aromatic rings. The molecule has 1 heterocycles. The predicted octanol–water partition coefficient (Wildman–Crippen LogP) is 2.94. The molecule has 0 atom stereocenters. The number of hydrogen-bond donors (Lipinski definition) is 0. The lowest BCUT2D eigenvalue weighted by molar-refractivity contribution is -0.134. The van der Waals surface area contributed by atoms with E-state index in [9.17, 15) is 13.2 Å². The van der Waals surface area contributed by atoms with E-state index in [0.29, 0.717) is 22.4 Å². The predicted molar refractivity (Wildman–Crippen MR) is 59.8 cm³/mol.